The van der Waals surface area contributed by atoms with Crippen molar-refractivity contribution in [3.8, 4) is 0 Å². The Kier molecular flexibility index (Phi) is 3.17. The van der Waals surface area contributed by atoms with Crippen molar-refractivity contribution in [2.45, 2.75) is 25.3 Å². The van der Waals surface area contributed by atoms with E-state index in [-0.39, 0.29) is 11.5 Å². The van der Waals surface area contributed by atoms with Crippen molar-refractivity contribution in [3.05, 3.63) is 63.3 Å². The number of aryl methyl sites for hydroxylation is 1. The standard InChI is InChI=1S/C15H17N3O/c1-16-9-11-8-14(19)18-15(17-11)13-7-6-10-4-2-3-5-12(10)13/h2-5,8,13,16H,6-7,9H2,1H3,(H,17,18,19). The first-order valence-electron chi connectivity index (χ1n) is 6.60. The molecule has 1 aromatic carbocycles. The number of nitrogens with zero attached hydrogens (tertiary/aromatic N) is 1. The average Bonchev–Trinajstić information content (AvgIpc) is 2.82. The van der Waals surface area contributed by atoms with Gasteiger partial charge in [-0.3, -0.25) is 4.79 Å². The fraction of sp³-hybridized carbons (Fsp3) is 0.333. The molecule has 2 aromatic rings. The molecule has 1 aliphatic carbocycles. The van der Waals surface area contributed by atoms with Crippen LogP contribution in [0.4, 0.5) is 0 Å². The summed E-state index contributed by atoms with van der Waals surface area (Å²) in [5, 5.41) is 3.03. The van der Waals surface area contributed by atoms with Crippen LogP contribution in [0.2, 0.25) is 0 Å². The number of hydrogen-bond donors (Lipinski definition) is 2. The lowest BCUT2D eigenvalue weighted by Gasteiger charge is -2.11. The number of H-pyrrole nitrogens is 1. The quantitative estimate of drug-likeness (QED) is 0.875. The van der Waals surface area contributed by atoms with E-state index >= 15 is 0 Å². The Balaban J connectivity index is 2.02. The second kappa shape index (κ2) is 4.97. The zero-order chi connectivity index (χ0) is 13.2. The molecule has 3 rings (SSSR count). The van der Waals surface area contributed by atoms with Gasteiger partial charge in [-0.1, -0.05) is 24.3 Å². The van der Waals surface area contributed by atoms with Gasteiger partial charge in [0.1, 0.15) is 5.82 Å². The van der Waals surface area contributed by atoms with Crippen LogP contribution in [0.5, 0.6) is 0 Å². The number of rotatable bonds is 3. The molecule has 0 radical (unpaired) electrons. The predicted molar refractivity (Wildman–Crippen MR) is 74.2 cm³/mol. The maximum absolute atomic E-state index is 11.7. The minimum Gasteiger partial charge on any atom is -0.314 e. The van der Waals surface area contributed by atoms with Crippen LogP contribution in [0.15, 0.2) is 35.1 Å². The fourth-order valence-corrected chi connectivity index (χ4v) is 2.81. The Bertz CT molecular complexity index is 648. The SMILES string of the molecule is CNCc1cc(=O)[nH]c(C2CCc3ccccc32)n1. The minimum absolute atomic E-state index is 0.0698. The molecule has 1 unspecified atom stereocenters. The van der Waals surface area contributed by atoms with Crippen LogP contribution in [0, 0.1) is 0 Å². The van der Waals surface area contributed by atoms with Crippen molar-refractivity contribution in [1.82, 2.24) is 15.3 Å². The van der Waals surface area contributed by atoms with Gasteiger partial charge in [0.15, 0.2) is 0 Å². The van der Waals surface area contributed by atoms with Crippen molar-refractivity contribution in [1.29, 1.82) is 0 Å². The number of hydrogen-bond acceptors (Lipinski definition) is 3. The molecule has 98 valence electrons. The summed E-state index contributed by atoms with van der Waals surface area (Å²) in [5.74, 6) is 1.02. The van der Waals surface area contributed by atoms with E-state index in [4.69, 9.17) is 0 Å². The van der Waals surface area contributed by atoms with Gasteiger partial charge in [0, 0.05) is 18.5 Å². The van der Waals surface area contributed by atoms with Gasteiger partial charge < -0.3 is 10.3 Å². The van der Waals surface area contributed by atoms with Crippen LogP contribution < -0.4 is 10.9 Å². The molecule has 0 saturated heterocycles. The van der Waals surface area contributed by atoms with Gasteiger partial charge in [-0.25, -0.2) is 4.98 Å². The van der Waals surface area contributed by atoms with Crippen LogP contribution in [-0.4, -0.2) is 17.0 Å². The maximum atomic E-state index is 11.7. The third-order valence-electron chi connectivity index (χ3n) is 3.63. The predicted octanol–water partition coefficient (Wildman–Crippen LogP) is 1.57. The number of benzene rings is 1. The molecule has 1 aliphatic rings. The van der Waals surface area contributed by atoms with E-state index in [2.05, 4.69) is 33.5 Å². The van der Waals surface area contributed by atoms with Crippen LogP contribution >= 0.6 is 0 Å². The first-order valence-corrected chi connectivity index (χ1v) is 6.60. The molecule has 0 fully saturated rings. The Hall–Kier alpha value is -1.94. The first-order chi connectivity index (χ1) is 9.28. The fourth-order valence-electron chi connectivity index (χ4n) is 2.81. The van der Waals surface area contributed by atoms with Gasteiger partial charge in [0.2, 0.25) is 0 Å². The van der Waals surface area contributed by atoms with Crippen LogP contribution in [0.25, 0.3) is 0 Å². The lowest BCUT2D eigenvalue weighted by atomic mass is 10.0. The molecule has 1 heterocycles. The summed E-state index contributed by atoms with van der Waals surface area (Å²) in [6, 6.07) is 9.96. The summed E-state index contributed by atoms with van der Waals surface area (Å²) in [4.78, 5) is 19.2. The molecule has 0 spiro atoms. The molecule has 4 heteroatoms. The highest BCUT2D eigenvalue weighted by Crippen LogP contribution is 2.35. The van der Waals surface area contributed by atoms with Gasteiger partial charge in [-0.15, -0.1) is 0 Å². The highest BCUT2D eigenvalue weighted by Gasteiger charge is 2.25. The van der Waals surface area contributed by atoms with E-state index in [1.165, 1.54) is 11.1 Å². The monoisotopic (exact) mass is 255 g/mol. The zero-order valence-electron chi connectivity index (χ0n) is 10.9. The topological polar surface area (TPSA) is 57.8 Å². The highest BCUT2D eigenvalue weighted by atomic mass is 16.1. The summed E-state index contributed by atoms with van der Waals surface area (Å²) in [7, 11) is 1.85. The Labute approximate surface area is 111 Å². The number of aromatic nitrogens is 2. The van der Waals surface area contributed by atoms with E-state index in [9.17, 15) is 4.79 Å². The number of aromatic amines is 1. The minimum atomic E-state index is -0.0698. The van der Waals surface area contributed by atoms with E-state index in [1.807, 2.05) is 13.1 Å². The molecule has 0 amide bonds. The second-order valence-corrected chi connectivity index (χ2v) is 4.94. The van der Waals surface area contributed by atoms with E-state index in [0.29, 0.717) is 6.54 Å². The third kappa shape index (κ3) is 2.31. The van der Waals surface area contributed by atoms with E-state index < -0.39 is 0 Å². The zero-order valence-corrected chi connectivity index (χ0v) is 10.9. The Morgan fingerprint density at radius 1 is 1.42 bits per heavy atom. The highest BCUT2D eigenvalue weighted by molar-refractivity contribution is 5.38. The van der Waals surface area contributed by atoms with Gasteiger partial charge in [-0.2, -0.15) is 0 Å². The lowest BCUT2D eigenvalue weighted by Crippen LogP contribution is -2.18. The van der Waals surface area contributed by atoms with Crippen molar-refractivity contribution >= 4 is 0 Å². The van der Waals surface area contributed by atoms with Gasteiger partial charge in [0.05, 0.1) is 5.69 Å². The molecule has 2 N–H and O–H groups in total. The van der Waals surface area contributed by atoms with Crippen molar-refractivity contribution in [3.63, 3.8) is 0 Å². The summed E-state index contributed by atoms with van der Waals surface area (Å²) in [6.45, 7) is 0.616. The average molecular weight is 255 g/mol. The van der Waals surface area contributed by atoms with Gasteiger partial charge in [-0.05, 0) is 31.0 Å². The van der Waals surface area contributed by atoms with Crippen molar-refractivity contribution < 1.29 is 0 Å². The molecule has 0 aliphatic heterocycles. The largest absolute Gasteiger partial charge is 0.314 e. The van der Waals surface area contributed by atoms with E-state index in [1.54, 1.807) is 6.07 Å². The summed E-state index contributed by atoms with van der Waals surface area (Å²) >= 11 is 0. The molecule has 19 heavy (non-hydrogen) atoms. The summed E-state index contributed by atoms with van der Waals surface area (Å²) < 4.78 is 0. The molecule has 4 nitrogen and oxygen atoms in total. The molecule has 1 aromatic heterocycles. The number of nitrogens with one attached hydrogen (secondary N) is 2. The van der Waals surface area contributed by atoms with E-state index in [0.717, 1.165) is 24.4 Å². The maximum Gasteiger partial charge on any atom is 0.251 e. The summed E-state index contributed by atoms with van der Waals surface area (Å²) in [6.07, 6.45) is 2.08. The summed E-state index contributed by atoms with van der Waals surface area (Å²) in [5.41, 5.74) is 3.40. The van der Waals surface area contributed by atoms with Crippen molar-refractivity contribution in [2.75, 3.05) is 7.05 Å². The lowest BCUT2D eigenvalue weighted by molar-refractivity contribution is 0.697. The second-order valence-electron chi connectivity index (χ2n) is 4.94. The third-order valence-corrected chi connectivity index (χ3v) is 3.63. The Morgan fingerprint density at radius 3 is 3.11 bits per heavy atom. The number of fused-ring (bicyclic) bond motifs is 1. The van der Waals surface area contributed by atoms with Crippen LogP contribution in [-0.2, 0) is 13.0 Å². The molecule has 0 bridgehead atoms. The van der Waals surface area contributed by atoms with Crippen LogP contribution in [0.1, 0.15) is 35.0 Å². The molecular weight excluding hydrogens is 238 g/mol. The van der Waals surface area contributed by atoms with Crippen molar-refractivity contribution in [2.24, 2.45) is 0 Å². The first kappa shape index (κ1) is 12.1. The van der Waals surface area contributed by atoms with Crippen LogP contribution in [0.3, 0.4) is 0 Å². The molecular formula is C15H17N3O. The Morgan fingerprint density at radius 2 is 2.26 bits per heavy atom. The smallest absolute Gasteiger partial charge is 0.251 e. The van der Waals surface area contributed by atoms with Gasteiger partial charge >= 0.3 is 0 Å². The normalized spacial score (nSPS) is 17.4. The van der Waals surface area contributed by atoms with Gasteiger partial charge in [0.25, 0.3) is 5.56 Å². The molecule has 0 saturated carbocycles. The molecule has 1 atom stereocenters.